The lowest BCUT2D eigenvalue weighted by molar-refractivity contribution is 0.222. The molecule has 1 saturated heterocycles. The Bertz CT molecular complexity index is 749. The molecule has 0 saturated carbocycles. The van der Waals surface area contributed by atoms with Gasteiger partial charge in [-0.1, -0.05) is 22.9 Å². The Morgan fingerprint density at radius 2 is 2.00 bits per heavy atom. The first-order valence-corrected chi connectivity index (χ1v) is 9.37. The van der Waals surface area contributed by atoms with Crippen molar-refractivity contribution in [1.82, 2.24) is 9.97 Å². The van der Waals surface area contributed by atoms with E-state index in [0.29, 0.717) is 23.8 Å². The van der Waals surface area contributed by atoms with Crippen LogP contribution in [0, 0.1) is 17.2 Å². The number of hydrogen-bond donors (Lipinski definition) is 0. The fraction of sp³-hybridized carbons (Fsp3) is 0.421. The molecule has 130 valence electrons. The van der Waals surface area contributed by atoms with Gasteiger partial charge in [-0.05, 0) is 48.9 Å². The Labute approximate surface area is 156 Å². The average molecular weight is 401 g/mol. The summed E-state index contributed by atoms with van der Waals surface area (Å²) in [5.74, 6) is 1.96. The van der Waals surface area contributed by atoms with Gasteiger partial charge in [0.2, 0.25) is 5.95 Å². The average Bonchev–Trinajstić information content (AvgIpc) is 2.67. The van der Waals surface area contributed by atoms with Crippen LogP contribution in [0.1, 0.15) is 30.9 Å². The van der Waals surface area contributed by atoms with Crippen molar-refractivity contribution in [2.75, 3.05) is 24.6 Å². The number of anilines is 1. The number of aromatic nitrogens is 2. The number of ether oxygens (including phenoxy) is 1. The van der Waals surface area contributed by atoms with Gasteiger partial charge in [0.1, 0.15) is 11.8 Å². The topological polar surface area (TPSA) is 62.0 Å². The molecule has 3 rings (SSSR count). The van der Waals surface area contributed by atoms with E-state index in [4.69, 9.17) is 4.74 Å². The lowest BCUT2D eigenvalue weighted by Crippen LogP contribution is -2.36. The van der Waals surface area contributed by atoms with E-state index in [1.54, 1.807) is 6.07 Å². The van der Waals surface area contributed by atoms with Gasteiger partial charge in [-0.25, -0.2) is 9.97 Å². The Morgan fingerprint density at radius 3 is 2.64 bits per heavy atom. The quantitative estimate of drug-likeness (QED) is 0.759. The molecular weight excluding hydrogens is 380 g/mol. The van der Waals surface area contributed by atoms with Crippen LogP contribution in [0.4, 0.5) is 5.95 Å². The maximum atomic E-state index is 9.21. The van der Waals surface area contributed by atoms with Gasteiger partial charge in [-0.2, -0.15) is 5.26 Å². The predicted octanol–water partition coefficient (Wildman–Crippen LogP) is 3.97. The molecule has 0 atom stereocenters. The highest BCUT2D eigenvalue weighted by Gasteiger charge is 2.21. The molecule has 5 nitrogen and oxygen atoms in total. The van der Waals surface area contributed by atoms with E-state index in [1.165, 1.54) is 0 Å². The van der Waals surface area contributed by atoms with E-state index >= 15 is 0 Å². The second kappa shape index (κ2) is 8.30. The summed E-state index contributed by atoms with van der Waals surface area (Å²) in [6.45, 7) is 4.61. The Hall–Kier alpha value is -2.13. The number of hydrogen-bond acceptors (Lipinski definition) is 5. The molecule has 6 heteroatoms. The van der Waals surface area contributed by atoms with Crippen LogP contribution < -0.4 is 9.64 Å². The first-order valence-electron chi connectivity index (χ1n) is 8.58. The summed E-state index contributed by atoms with van der Waals surface area (Å²) in [7, 11) is 0. The van der Waals surface area contributed by atoms with Crippen LogP contribution in [0.25, 0.3) is 0 Å². The second-order valence-corrected chi connectivity index (χ2v) is 7.15. The van der Waals surface area contributed by atoms with Crippen LogP contribution in [0.2, 0.25) is 0 Å². The van der Waals surface area contributed by atoms with Crippen LogP contribution >= 0.6 is 15.9 Å². The monoisotopic (exact) mass is 400 g/mol. The van der Waals surface area contributed by atoms with E-state index in [1.807, 2.05) is 24.5 Å². The smallest absolute Gasteiger partial charge is 0.225 e. The maximum absolute atomic E-state index is 9.21. The van der Waals surface area contributed by atoms with Crippen molar-refractivity contribution < 1.29 is 4.74 Å². The molecule has 2 heterocycles. The molecule has 0 spiro atoms. The summed E-state index contributed by atoms with van der Waals surface area (Å²) in [5, 5.41) is 9.21. The van der Waals surface area contributed by atoms with Crippen LogP contribution in [-0.4, -0.2) is 29.7 Å². The zero-order valence-corrected chi connectivity index (χ0v) is 15.9. The number of nitrogens with zero attached hydrogens (tertiary/aromatic N) is 4. The minimum absolute atomic E-state index is 0.487. The number of benzene rings is 1. The Balaban J connectivity index is 1.52. The van der Waals surface area contributed by atoms with Crippen LogP contribution in [-0.2, 0) is 6.42 Å². The molecule has 0 unspecified atom stereocenters. The van der Waals surface area contributed by atoms with E-state index in [-0.39, 0.29) is 0 Å². The van der Waals surface area contributed by atoms with Gasteiger partial charge in [0.25, 0.3) is 0 Å². The number of aryl methyl sites for hydroxylation is 1. The Morgan fingerprint density at radius 1 is 1.28 bits per heavy atom. The Kier molecular flexibility index (Phi) is 5.87. The van der Waals surface area contributed by atoms with E-state index in [0.717, 1.165) is 48.3 Å². The fourth-order valence-electron chi connectivity index (χ4n) is 2.92. The molecule has 0 aliphatic carbocycles. The molecule has 0 amide bonds. The molecule has 2 aromatic rings. The van der Waals surface area contributed by atoms with Crippen LogP contribution in [0.3, 0.4) is 0 Å². The highest BCUT2D eigenvalue weighted by molar-refractivity contribution is 9.10. The third kappa shape index (κ3) is 4.49. The predicted molar refractivity (Wildman–Crippen MR) is 101 cm³/mol. The van der Waals surface area contributed by atoms with Gasteiger partial charge in [0.15, 0.2) is 0 Å². The summed E-state index contributed by atoms with van der Waals surface area (Å²) in [6.07, 6.45) is 6.86. The van der Waals surface area contributed by atoms with Gasteiger partial charge in [0.05, 0.1) is 12.2 Å². The molecule has 1 aliphatic heterocycles. The number of rotatable bonds is 5. The van der Waals surface area contributed by atoms with Gasteiger partial charge in [-0.15, -0.1) is 0 Å². The second-order valence-electron chi connectivity index (χ2n) is 6.24. The lowest BCUT2D eigenvalue weighted by atomic mass is 9.98. The summed E-state index contributed by atoms with van der Waals surface area (Å²) >= 11 is 3.38. The lowest BCUT2D eigenvalue weighted by Gasteiger charge is -2.31. The van der Waals surface area contributed by atoms with Crippen molar-refractivity contribution in [3.8, 4) is 11.8 Å². The zero-order chi connectivity index (χ0) is 17.6. The molecule has 1 aromatic heterocycles. The van der Waals surface area contributed by atoms with Crippen molar-refractivity contribution in [3.05, 3.63) is 46.2 Å². The van der Waals surface area contributed by atoms with Gasteiger partial charge in [0, 0.05) is 30.0 Å². The first-order chi connectivity index (χ1) is 12.2. The molecular formula is C19H21BrN4O. The van der Waals surface area contributed by atoms with Crippen molar-refractivity contribution in [1.29, 1.82) is 5.26 Å². The minimum Gasteiger partial charge on any atom is -0.492 e. The third-order valence-electron chi connectivity index (χ3n) is 4.53. The maximum Gasteiger partial charge on any atom is 0.225 e. The van der Waals surface area contributed by atoms with Crippen molar-refractivity contribution in [2.24, 2.45) is 5.92 Å². The number of halogens is 1. The standard InChI is InChI=1S/C19H21BrN4O/c1-2-14-11-22-19(23-12-14)24-7-5-15(6-8-24)13-25-18-4-3-17(20)9-16(18)10-21/h3-4,9,11-12,15H,2,5-8,13H2,1H3. The molecule has 25 heavy (non-hydrogen) atoms. The summed E-state index contributed by atoms with van der Waals surface area (Å²) in [4.78, 5) is 11.2. The van der Waals surface area contributed by atoms with Crippen LogP contribution in [0.5, 0.6) is 5.75 Å². The van der Waals surface area contributed by atoms with E-state index < -0.39 is 0 Å². The minimum atomic E-state index is 0.487. The van der Waals surface area contributed by atoms with Gasteiger partial charge < -0.3 is 9.64 Å². The largest absolute Gasteiger partial charge is 0.492 e. The van der Waals surface area contributed by atoms with Crippen molar-refractivity contribution >= 4 is 21.9 Å². The molecule has 0 radical (unpaired) electrons. The molecule has 0 N–H and O–H groups in total. The highest BCUT2D eigenvalue weighted by atomic mass is 79.9. The highest BCUT2D eigenvalue weighted by Crippen LogP contribution is 2.25. The van der Waals surface area contributed by atoms with Crippen molar-refractivity contribution in [2.45, 2.75) is 26.2 Å². The normalized spacial score (nSPS) is 15.0. The third-order valence-corrected chi connectivity index (χ3v) is 5.03. The van der Waals surface area contributed by atoms with Crippen molar-refractivity contribution in [3.63, 3.8) is 0 Å². The molecule has 0 bridgehead atoms. The van der Waals surface area contributed by atoms with E-state index in [2.05, 4.69) is 43.8 Å². The zero-order valence-electron chi connectivity index (χ0n) is 14.3. The van der Waals surface area contributed by atoms with Crippen LogP contribution in [0.15, 0.2) is 35.1 Å². The van der Waals surface area contributed by atoms with E-state index in [9.17, 15) is 5.26 Å². The SMILES string of the molecule is CCc1cnc(N2CCC(COc3ccc(Br)cc3C#N)CC2)nc1. The summed E-state index contributed by atoms with van der Waals surface area (Å²) in [5.41, 5.74) is 1.73. The fourth-order valence-corrected chi connectivity index (χ4v) is 3.28. The summed E-state index contributed by atoms with van der Waals surface area (Å²) < 4.78 is 6.79. The molecule has 1 aliphatic rings. The number of piperidine rings is 1. The first kappa shape index (κ1) is 17.7. The molecule has 1 aromatic carbocycles. The van der Waals surface area contributed by atoms with Gasteiger partial charge >= 0.3 is 0 Å². The summed E-state index contributed by atoms with van der Waals surface area (Å²) in [6, 6.07) is 7.72. The molecule has 1 fully saturated rings. The number of nitriles is 1. The van der Waals surface area contributed by atoms with Gasteiger partial charge in [-0.3, -0.25) is 0 Å².